The van der Waals surface area contributed by atoms with Crippen LogP contribution in [0.5, 0.6) is 0 Å². The van der Waals surface area contributed by atoms with Gasteiger partial charge in [0.2, 0.25) is 5.91 Å². The van der Waals surface area contributed by atoms with E-state index in [-0.39, 0.29) is 11.4 Å². The monoisotopic (exact) mass is 182 g/mol. The Balaban J connectivity index is 2.60. The summed E-state index contributed by atoms with van der Waals surface area (Å²) >= 11 is 0. The zero-order valence-electron chi connectivity index (χ0n) is 8.23. The van der Waals surface area contributed by atoms with E-state index in [0.717, 1.165) is 32.4 Å². The van der Waals surface area contributed by atoms with Crippen LogP contribution in [0.4, 0.5) is 0 Å². The Morgan fingerprint density at radius 3 is 2.69 bits per heavy atom. The molecule has 0 aliphatic carbocycles. The predicted molar refractivity (Wildman–Crippen MR) is 53.5 cm³/mol. The first kappa shape index (κ1) is 10.3. The number of hydrogen-bond acceptors (Lipinski definition) is 2. The molecule has 0 radical (unpaired) electrons. The predicted octanol–water partition coefficient (Wildman–Crippen LogP) is 0.821. The Morgan fingerprint density at radius 2 is 2.23 bits per heavy atom. The highest BCUT2D eigenvalue weighted by atomic mass is 16.1. The van der Waals surface area contributed by atoms with Crippen LogP contribution in [0.25, 0.3) is 0 Å². The van der Waals surface area contributed by atoms with Crippen molar-refractivity contribution >= 4 is 5.91 Å². The van der Waals surface area contributed by atoms with Gasteiger partial charge in [0, 0.05) is 12.5 Å². The lowest BCUT2D eigenvalue weighted by Gasteiger charge is -2.37. The molecule has 1 rings (SSSR count). The largest absolute Gasteiger partial charge is 0.351 e. The molecule has 3 heteroatoms. The van der Waals surface area contributed by atoms with Crippen molar-refractivity contribution < 1.29 is 4.79 Å². The fraction of sp³-hybridized carbons (Fsp3) is 0.700. The smallest absolute Gasteiger partial charge is 0.217 e. The molecule has 0 aromatic carbocycles. The molecule has 1 saturated heterocycles. The highest BCUT2D eigenvalue weighted by Crippen LogP contribution is 2.22. The number of piperidine rings is 1. The van der Waals surface area contributed by atoms with Crippen molar-refractivity contribution in [2.75, 3.05) is 13.1 Å². The van der Waals surface area contributed by atoms with E-state index in [2.05, 4.69) is 17.2 Å². The second kappa shape index (κ2) is 4.42. The van der Waals surface area contributed by atoms with Crippen LogP contribution in [-0.4, -0.2) is 24.5 Å². The molecular weight excluding hydrogens is 164 g/mol. The van der Waals surface area contributed by atoms with E-state index in [9.17, 15) is 4.79 Å². The van der Waals surface area contributed by atoms with Crippen molar-refractivity contribution in [1.29, 1.82) is 0 Å². The third-order valence-electron chi connectivity index (χ3n) is 2.54. The summed E-state index contributed by atoms with van der Waals surface area (Å²) in [5.74, 6) is 0.0590. The van der Waals surface area contributed by atoms with E-state index in [1.54, 1.807) is 6.92 Å². The molecule has 1 aliphatic heterocycles. The topological polar surface area (TPSA) is 41.1 Å². The number of rotatable bonds is 3. The van der Waals surface area contributed by atoms with Gasteiger partial charge in [-0.2, -0.15) is 0 Å². The number of carbonyl (C=O) groups is 1. The van der Waals surface area contributed by atoms with Gasteiger partial charge in [-0.05, 0) is 32.4 Å². The summed E-state index contributed by atoms with van der Waals surface area (Å²) in [6.45, 7) is 7.27. The maximum Gasteiger partial charge on any atom is 0.217 e. The average Bonchev–Trinajstić information content (AvgIpc) is 2.04. The van der Waals surface area contributed by atoms with Crippen molar-refractivity contribution in [3.8, 4) is 0 Å². The Morgan fingerprint density at radius 1 is 1.62 bits per heavy atom. The minimum atomic E-state index is -0.0289. The minimum absolute atomic E-state index is 0.0289. The first-order valence-electron chi connectivity index (χ1n) is 4.79. The first-order valence-corrected chi connectivity index (χ1v) is 4.79. The molecule has 1 heterocycles. The van der Waals surface area contributed by atoms with Gasteiger partial charge in [0.1, 0.15) is 0 Å². The van der Waals surface area contributed by atoms with Gasteiger partial charge in [-0.1, -0.05) is 6.08 Å². The highest BCUT2D eigenvalue weighted by molar-refractivity contribution is 5.73. The van der Waals surface area contributed by atoms with Gasteiger partial charge in [-0.25, -0.2) is 0 Å². The molecule has 3 nitrogen and oxygen atoms in total. The van der Waals surface area contributed by atoms with Crippen LogP contribution in [0.2, 0.25) is 0 Å². The number of hydrogen-bond donors (Lipinski definition) is 2. The lowest BCUT2D eigenvalue weighted by molar-refractivity contribution is -0.121. The molecule has 0 aromatic rings. The van der Waals surface area contributed by atoms with Crippen LogP contribution in [0, 0.1) is 0 Å². The van der Waals surface area contributed by atoms with E-state index < -0.39 is 0 Å². The van der Waals surface area contributed by atoms with Crippen LogP contribution in [0.3, 0.4) is 0 Å². The molecule has 1 amide bonds. The Kier molecular flexibility index (Phi) is 3.48. The van der Waals surface area contributed by atoms with Crippen LogP contribution in [0.15, 0.2) is 12.7 Å². The molecule has 13 heavy (non-hydrogen) atoms. The van der Waals surface area contributed by atoms with Gasteiger partial charge in [-0.15, -0.1) is 6.58 Å². The van der Waals surface area contributed by atoms with Gasteiger partial charge in [0.25, 0.3) is 0 Å². The maximum absolute atomic E-state index is 11.0. The fourth-order valence-corrected chi connectivity index (χ4v) is 1.94. The zero-order valence-corrected chi connectivity index (χ0v) is 8.23. The van der Waals surface area contributed by atoms with E-state index >= 15 is 0 Å². The standard InChI is InChI=1S/C10H18N2O/c1-3-4-10(12-9(2)13)5-7-11-8-6-10/h3,11H,1,4-8H2,2H3,(H,12,13). The summed E-state index contributed by atoms with van der Waals surface area (Å²) < 4.78 is 0. The highest BCUT2D eigenvalue weighted by Gasteiger charge is 2.30. The zero-order chi connectivity index (χ0) is 9.73. The first-order chi connectivity index (χ1) is 6.18. The molecule has 0 saturated carbocycles. The molecule has 0 unspecified atom stereocenters. The molecule has 0 bridgehead atoms. The summed E-state index contributed by atoms with van der Waals surface area (Å²) in [5.41, 5.74) is -0.0289. The summed E-state index contributed by atoms with van der Waals surface area (Å²) in [6, 6.07) is 0. The third-order valence-corrected chi connectivity index (χ3v) is 2.54. The number of carbonyl (C=O) groups excluding carboxylic acids is 1. The Labute approximate surface area is 79.6 Å². The average molecular weight is 182 g/mol. The summed E-state index contributed by atoms with van der Waals surface area (Å²) in [6.07, 6.45) is 4.76. The van der Waals surface area contributed by atoms with Crippen molar-refractivity contribution in [3.63, 3.8) is 0 Å². The molecule has 0 spiro atoms. The molecule has 1 aliphatic rings. The van der Waals surface area contributed by atoms with E-state index in [1.807, 2.05) is 6.08 Å². The molecular formula is C10H18N2O. The van der Waals surface area contributed by atoms with Crippen molar-refractivity contribution in [3.05, 3.63) is 12.7 Å². The van der Waals surface area contributed by atoms with Crippen LogP contribution >= 0.6 is 0 Å². The Bertz CT molecular complexity index is 195. The lowest BCUT2D eigenvalue weighted by Crippen LogP contribution is -2.53. The minimum Gasteiger partial charge on any atom is -0.351 e. The van der Waals surface area contributed by atoms with Gasteiger partial charge in [0.15, 0.2) is 0 Å². The Hall–Kier alpha value is -0.830. The summed E-state index contributed by atoms with van der Waals surface area (Å²) in [5, 5.41) is 6.33. The molecule has 74 valence electrons. The van der Waals surface area contributed by atoms with Gasteiger partial charge in [-0.3, -0.25) is 4.79 Å². The quantitative estimate of drug-likeness (QED) is 0.634. The second-order valence-electron chi connectivity index (χ2n) is 3.70. The number of nitrogens with one attached hydrogen (secondary N) is 2. The summed E-state index contributed by atoms with van der Waals surface area (Å²) in [4.78, 5) is 11.0. The van der Waals surface area contributed by atoms with Crippen LogP contribution in [-0.2, 0) is 4.79 Å². The van der Waals surface area contributed by atoms with Crippen LogP contribution in [0.1, 0.15) is 26.2 Å². The van der Waals surface area contributed by atoms with Gasteiger partial charge >= 0.3 is 0 Å². The fourth-order valence-electron chi connectivity index (χ4n) is 1.94. The van der Waals surface area contributed by atoms with Crippen molar-refractivity contribution in [2.45, 2.75) is 31.7 Å². The molecule has 0 aromatic heterocycles. The normalized spacial score (nSPS) is 20.7. The molecule has 2 N–H and O–H groups in total. The number of amides is 1. The lowest BCUT2D eigenvalue weighted by atomic mass is 9.85. The molecule has 0 atom stereocenters. The molecule has 1 fully saturated rings. The van der Waals surface area contributed by atoms with E-state index in [4.69, 9.17) is 0 Å². The SMILES string of the molecule is C=CCC1(NC(C)=O)CCNCC1. The van der Waals surface area contributed by atoms with E-state index in [1.165, 1.54) is 0 Å². The maximum atomic E-state index is 11.0. The third kappa shape index (κ3) is 2.84. The van der Waals surface area contributed by atoms with E-state index in [0.29, 0.717) is 0 Å². The van der Waals surface area contributed by atoms with Gasteiger partial charge < -0.3 is 10.6 Å². The second-order valence-corrected chi connectivity index (χ2v) is 3.70. The van der Waals surface area contributed by atoms with Crippen molar-refractivity contribution in [1.82, 2.24) is 10.6 Å². The van der Waals surface area contributed by atoms with Crippen molar-refractivity contribution in [2.24, 2.45) is 0 Å². The van der Waals surface area contributed by atoms with Gasteiger partial charge in [0.05, 0.1) is 0 Å². The van der Waals surface area contributed by atoms with Crippen LogP contribution < -0.4 is 10.6 Å². The summed E-state index contributed by atoms with van der Waals surface area (Å²) in [7, 11) is 0.